The van der Waals surface area contributed by atoms with Crippen LogP contribution in [0.4, 0.5) is 0 Å². The summed E-state index contributed by atoms with van der Waals surface area (Å²) in [6.07, 6.45) is 0.714. The van der Waals surface area contributed by atoms with Crippen LogP contribution in [0.1, 0.15) is 20.3 Å². The first-order valence-corrected chi connectivity index (χ1v) is 7.71. The second-order valence-electron chi connectivity index (χ2n) is 2.64. The molecular weight excluding hydrogens is 195 g/mol. The Bertz CT molecular complexity index is 153. The Morgan fingerprint density at radius 2 is 1.75 bits per heavy atom. The zero-order valence-electron chi connectivity index (χ0n) is 7.69. The van der Waals surface area contributed by atoms with E-state index >= 15 is 0 Å². The largest absolute Gasteiger partial charge is 0.325 e. The molecule has 0 bridgehead atoms. The molecule has 0 saturated heterocycles. The van der Waals surface area contributed by atoms with Crippen molar-refractivity contribution in [1.29, 1.82) is 0 Å². The average Bonchev–Trinajstić information content (AvgIpc) is 1.96. The van der Waals surface area contributed by atoms with Crippen LogP contribution in [-0.2, 0) is 15.5 Å². The van der Waals surface area contributed by atoms with E-state index in [0.717, 1.165) is 17.3 Å². The van der Waals surface area contributed by atoms with Gasteiger partial charge in [0.15, 0.2) is 0 Å². The van der Waals surface area contributed by atoms with Crippen molar-refractivity contribution in [2.24, 2.45) is 0 Å². The van der Waals surface area contributed by atoms with E-state index in [2.05, 4.69) is 13.8 Å². The molecule has 0 spiro atoms. The van der Waals surface area contributed by atoms with Crippen LogP contribution in [-0.4, -0.2) is 33.2 Å². The van der Waals surface area contributed by atoms with Crippen LogP contribution in [0.3, 0.4) is 0 Å². The molecule has 0 rings (SSSR count). The summed E-state index contributed by atoms with van der Waals surface area (Å²) in [6, 6.07) is 0. The minimum Gasteiger partial charge on any atom is -0.324 e. The van der Waals surface area contributed by atoms with E-state index < -0.39 is 7.60 Å². The minimum absolute atomic E-state index is 0.0521. The Hall–Kier alpha value is 0.500. The predicted octanol–water partition coefficient (Wildman–Crippen LogP) is 1.21. The monoisotopic (exact) mass is 213 g/mol. The Morgan fingerprint density at radius 1 is 1.25 bits per heavy atom. The molecule has 0 aliphatic heterocycles. The molecule has 3 nitrogen and oxygen atoms in total. The van der Waals surface area contributed by atoms with Gasteiger partial charge in [-0.25, -0.2) is 0 Å². The van der Waals surface area contributed by atoms with Crippen molar-refractivity contribution in [3.8, 4) is 0 Å². The molecule has 0 heterocycles. The van der Waals surface area contributed by atoms with Crippen LogP contribution in [0.25, 0.3) is 0 Å². The predicted molar refractivity (Wildman–Crippen MR) is 54.8 cm³/mol. The highest BCUT2D eigenvalue weighted by Gasteiger charge is 2.17. The fourth-order valence-electron chi connectivity index (χ4n) is 0.967. The van der Waals surface area contributed by atoms with E-state index in [9.17, 15) is 4.57 Å². The van der Waals surface area contributed by atoms with Crippen molar-refractivity contribution in [3.63, 3.8) is 0 Å². The van der Waals surface area contributed by atoms with Gasteiger partial charge in [0.1, 0.15) is 17.3 Å². The summed E-state index contributed by atoms with van der Waals surface area (Å²) < 4.78 is 10.5. The number of rotatable bonds is 6. The molecule has 0 aliphatic carbocycles. The van der Waals surface area contributed by atoms with Gasteiger partial charge in [0.2, 0.25) is 0 Å². The molecule has 74 valence electrons. The summed E-state index contributed by atoms with van der Waals surface area (Å²) in [7, 11) is -3.35. The SMILES string of the molecule is CC[S+](CC)CCCP(=O)(O)O. The topological polar surface area (TPSA) is 57.5 Å². The van der Waals surface area contributed by atoms with Crippen LogP contribution in [0.15, 0.2) is 0 Å². The van der Waals surface area contributed by atoms with E-state index in [1.807, 2.05) is 0 Å². The van der Waals surface area contributed by atoms with Crippen LogP contribution < -0.4 is 0 Å². The standard InChI is InChI=1S/C7H17O3PS/c1-3-12(4-2)7-5-6-11(8,9)10/h3-7H2,1-2H3,(H-,8,9,10)/p+1. The second-order valence-corrected chi connectivity index (χ2v) is 7.20. The summed E-state index contributed by atoms with van der Waals surface area (Å²) in [5, 5.41) is 0. The van der Waals surface area contributed by atoms with Gasteiger partial charge in [-0.2, -0.15) is 0 Å². The molecule has 0 unspecified atom stereocenters. The van der Waals surface area contributed by atoms with Crippen LogP contribution in [0.5, 0.6) is 0 Å². The third-order valence-corrected chi connectivity index (χ3v) is 5.10. The Kier molecular flexibility index (Phi) is 6.28. The number of hydrogen-bond donors (Lipinski definition) is 2. The average molecular weight is 213 g/mol. The third-order valence-electron chi connectivity index (χ3n) is 1.70. The van der Waals surface area contributed by atoms with E-state index in [4.69, 9.17) is 9.79 Å². The lowest BCUT2D eigenvalue weighted by Gasteiger charge is -2.04. The third kappa shape index (κ3) is 7.17. The molecule has 5 heteroatoms. The van der Waals surface area contributed by atoms with Gasteiger partial charge in [0.05, 0.1) is 6.16 Å². The highest BCUT2D eigenvalue weighted by atomic mass is 32.2. The van der Waals surface area contributed by atoms with Gasteiger partial charge in [-0.1, -0.05) is 0 Å². The van der Waals surface area contributed by atoms with Gasteiger partial charge in [0.25, 0.3) is 0 Å². The molecule has 0 amide bonds. The van der Waals surface area contributed by atoms with Crippen LogP contribution in [0, 0.1) is 0 Å². The summed E-state index contributed by atoms with van der Waals surface area (Å²) in [4.78, 5) is 17.2. The van der Waals surface area contributed by atoms with Gasteiger partial charge >= 0.3 is 7.60 Å². The van der Waals surface area contributed by atoms with Gasteiger partial charge in [0, 0.05) is 6.42 Å². The lowest BCUT2D eigenvalue weighted by Crippen LogP contribution is -2.13. The summed E-state index contributed by atoms with van der Waals surface area (Å²) in [5.74, 6) is 3.24. The zero-order valence-corrected chi connectivity index (χ0v) is 9.40. The van der Waals surface area contributed by atoms with Crippen molar-refractivity contribution < 1.29 is 14.4 Å². The molecule has 0 fully saturated rings. The molecule has 0 atom stereocenters. The molecule has 0 radical (unpaired) electrons. The molecule has 0 aliphatic rings. The Labute approximate surface area is 77.1 Å². The van der Waals surface area contributed by atoms with E-state index in [0.29, 0.717) is 17.3 Å². The summed E-state index contributed by atoms with van der Waals surface area (Å²) in [5.41, 5.74) is 0. The molecular formula is C7H18O3PS+. The van der Waals surface area contributed by atoms with Gasteiger partial charge in [-0.05, 0) is 24.7 Å². The molecule has 2 N–H and O–H groups in total. The quantitative estimate of drug-likeness (QED) is 0.515. The van der Waals surface area contributed by atoms with Crippen molar-refractivity contribution in [3.05, 3.63) is 0 Å². The van der Waals surface area contributed by atoms with E-state index in [1.165, 1.54) is 0 Å². The maximum absolute atomic E-state index is 10.5. The van der Waals surface area contributed by atoms with Crippen LogP contribution >= 0.6 is 7.60 Å². The maximum Gasteiger partial charge on any atom is 0.325 e. The Balaban J connectivity index is 3.48. The van der Waals surface area contributed by atoms with E-state index in [1.54, 1.807) is 0 Å². The molecule has 0 aromatic rings. The first kappa shape index (κ1) is 12.5. The highest BCUT2D eigenvalue weighted by molar-refractivity contribution is 7.96. The smallest absolute Gasteiger partial charge is 0.324 e. The van der Waals surface area contributed by atoms with Gasteiger partial charge < -0.3 is 9.79 Å². The zero-order chi connectivity index (χ0) is 9.61. The fourth-order valence-corrected chi connectivity index (χ4v) is 3.29. The normalized spacial score (nSPS) is 12.4. The minimum atomic E-state index is -3.74. The van der Waals surface area contributed by atoms with Crippen molar-refractivity contribution in [2.75, 3.05) is 23.4 Å². The van der Waals surface area contributed by atoms with E-state index in [-0.39, 0.29) is 6.16 Å². The molecule has 0 aromatic heterocycles. The first-order valence-electron chi connectivity index (χ1n) is 4.18. The first-order chi connectivity index (χ1) is 5.49. The highest BCUT2D eigenvalue weighted by Crippen LogP contribution is 2.34. The summed E-state index contributed by atoms with van der Waals surface area (Å²) >= 11 is 0. The lowest BCUT2D eigenvalue weighted by atomic mass is 10.6. The van der Waals surface area contributed by atoms with Gasteiger partial charge in [-0.15, -0.1) is 0 Å². The summed E-state index contributed by atoms with van der Waals surface area (Å²) in [6.45, 7) is 4.26. The Morgan fingerprint density at radius 3 is 2.08 bits per heavy atom. The number of hydrogen-bond acceptors (Lipinski definition) is 1. The van der Waals surface area contributed by atoms with Gasteiger partial charge in [-0.3, -0.25) is 4.57 Å². The molecule has 12 heavy (non-hydrogen) atoms. The second kappa shape index (κ2) is 6.03. The van der Waals surface area contributed by atoms with Crippen molar-refractivity contribution in [1.82, 2.24) is 0 Å². The van der Waals surface area contributed by atoms with Crippen LogP contribution in [0.2, 0.25) is 0 Å². The fraction of sp³-hybridized carbons (Fsp3) is 1.00. The van der Waals surface area contributed by atoms with Crippen molar-refractivity contribution >= 4 is 18.5 Å². The maximum atomic E-state index is 10.5. The molecule has 0 aromatic carbocycles. The van der Waals surface area contributed by atoms with Crippen molar-refractivity contribution in [2.45, 2.75) is 20.3 Å². The molecule has 0 saturated carbocycles. The lowest BCUT2D eigenvalue weighted by molar-refractivity contribution is 0.372.